The lowest BCUT2D eigenvalue weighted by Crippen LogP contribution is -2.24. The molecule has 6 nitrogen and oxygen atoms in total. The van der Waals surface area contributed by atoms with Crippen molar-refractivity contribution in [2.24, 2.45) is 11.7 Å². The van der Waals surface area contributed by atoms with E-state index in [-0.39, 0.29) is 17.6 Å². The van der Waals surface area contributed by atoms with E-state index in [9.17, 15) is 8.42 Å². The lowest BCUT2D eigenvalue weighted by atomic mass is 10.0. The van der Waals surface area contributed by atoms with E-state index < -0.39 is 9.84 Å². The van der Waals surface area contributed by atoms with Crippen LogP contribution in [-0.4, -0.2) is 30.9 Å². The molecule has 0 amide bonds. The molecule has 2 N–H and O–H groups in total. The molecule has 1 unspecified atom stereocenters. The van der Waals surface area contributed by atoms with E-state index in [0.29, 0.717) is 18.2 Å². The first-order valence-corrected chi connectivity index (χ1v) is 7.57. The SMILES string of the molecule is CC(C)CC(N)Cc1nc(CS(C)(=O)=O)no1. The van der Waals surface area contributed by atoms with Gasteiger partial charge in [-0.1, -0.05) is 19.0 Å². The summed E-state index contributed by atoms with van der Waals surface area (Å²) in [5, 5.41) is 3.61. The zero-order chi connectivity index (χ0) is 13.1. The van der Waals surface area contributed by atoms with E-state index in [1.807, 2.05) is 0 Å². The normalized spacial score (nSPS) is 14.2. The number of nitrogens with two attached hydrogens (primary N) is 1. The molecular weight excluding hydrogens is 242 g/mol. The van der Waals surface area contributed by atoms with Crippen LogP contribution in [0.15, 0.2) is 4.52 Å². The Bertz CT molecular complexity index is 453. The van der Waals surface area contributed by atoms with E-state index in [4.69, 9.17) is 10.3 Å². The van der Waals surface area contributed by atoms with Crippen molar-refractivity contribution in [2.45, 2.75) is 38.5 Å². The van der Waals surface area contributed by atoms with Crippen LogP contribution in [0.25, 0.3) is 0 Å². The second-order valence-corrected chi connectivity index (χ2v) is 6.91. The average molecular weight is 261 g/mol. The molecule has 1 rings (SSSR count). The topological polar surface area (TPSA) is 99.1 Å². The van der Waals surface area contributed by atoms with Crippen LogP contribution < -0.4 is 5.73 Å². The lowest BCUT2D eigenvalue weighted by molar-refractivity contribution is 0.356. The first kappa shape index (κ1) is 14.1. The first-order valence-electron chi connectivity index (χ1n) is 5.51. The Balaban J connectivity index is 2.57. The van der Waals surface area contributed by atoms with Crippen LogP contribution in [0.2, 0.25) is 0 Å². The minimum atomic E-state index is -3.13. The van der Waals surface area contributed by atoms with Crippen molar-refractivity contribution in [3.05, 3.63) is 11.7 Å². The molecule has 1 atom stereocenters. The molecular formula is C10H19N3O3S. The summed E-state index contributed by atoms with van der Waals surface area (Å²) < 4.78 is 27.0. The molecule has 0 fully saturated rings. The van der Waals surface area contributed by atoms with Gasteiger partial charge >= 0.3 is 0 Å². The average Bonchev–Trinajstić information content (AvgIpc) is 2.46. The Labute approximate surface area is 102 Å². The van der Waals surface area contributed by atoms with Crippen LogP contribution in [0, 0.1) is 5.92 Å². The third-order valence-electron chi connectivity index (χ3n) is 2.11. The molecule has 98 valence electrons. The molecule has 17 heavy (non-hydrogen) atoms. The molecule has 1 aromatic rings. The summed E-state index contributed by atoms with van der Waals surface area (Å²) in [5.41, 5.74) is 5.90. The van der Waals surface area contributed by atoms with Crippen molar-refractivity contribution in [1.82, 2.24) is 10.1 Å². The minimum Gasteiger partial charge on any atom is -0.339 e. The third-order valence-corrected chi connectivity index (χ3v) is 2.89. The zero-order valence-electron chi connectivity index (χ0n) is 10.4. The summed E-state index contributed by atoms with van der Waals surface area (Å²) in [7, 11) is -3.13. The van der Waals surface area contributed by atoms with Crippen LogP contribution in [0.1, 0.15) is 32.0 Å². The second-order valence-electron chi connectivity index (χ2n) is 4.77. The molecule has 0 bridgehead atoms. The maximum atomic E-state index is 11.0. The minimum absolute atomic E-state index is 0.0402. The summed E-state index contributed by atoms with van der Waals surface area (Å²) in [6, 6.07) is -0.0402. The summed E-state index contributed by atoms with van der Waals surface area (Å²) in [5.74, 6) is 0.898. The molecule has 7 heteroatoms. The van der Waals surface area contributed by atoms with Crippen molar-refractivity contribution in [2.75, 3.05) is 6.26 Å². The monoisotopic (exact) mass is 261 g/mol. The summed E-state index contributed by atoms with van der Waals surface area (Å²) in [6.45, 7) is 4.17. The maximum absolute atomic E-state index is 11.0. The number of hydrogen-bond donors (Lipinski definition) is 1. The fraction of sp³-hybridized carbons (Fsp3) is 0.800. The van der Waals surface area contributed by atoms with Gasteiger partial charge in [0.15, 0.2) is 15.7 Å². The van der Waals surface area contributed by atoms with Crippen molar-refractivity contribution in [1.29, 1.82) is 0 Å². The molecule has 0 aromatic carbocycles. The predicted molar refractivity (Wildman–Crippen MR) is 64.0 cm³/mol. The number of rotatable bonds is 6. The van der Waals surface area contributed by atoms with Crippen molar-refractivity contribution in [3.8, 4) is 0 Å². The van der Waals surface area contributed by atoms with Crippen LogP contribution in [0.5, 0.6) is 0 Å². The van der Waals surface area contributed by atoms with Crippen LogP contribution >= 0.6 is 0 Å². The standard InChI is InChI=1S/C10H19N3O3S/c1-7(2)4-8(11)5-10-12-9(13-16-10)6-17(3,14)15/h7-8H,4-6,11H2,1-3H3. The Kier molecular flexibility index (Phi) is 4.64. The van der Waals surface area contributed by atoms with Gasteiger partial charge in [-0.2, -0.15) is 4.98 Å². The smallest absolute Gasteiger partial charge is 0.228 e. The van der Waals surface area contributed by atoms with Crippen molar-refractivity contribution < 1.29 is 12.9 Å². The van der Waals surface area contributed by atoms with Gasteiger partial charge in [0.25, 0.3) is 0 Å². The van der Waals surface area contributed by atoms with Crippen molar-refractivity contribution in [3.63, 3.8) is 0 Å². The van der Waals surface area contributed by atoms with Gasteiger partial charge in [0.05, 0.1) is 0 Å². The van der Waals surface area contributed by atoms with Crippen molar-refractivity contribution >= 4 is 9.84 Å². The van der Waals surface area contributed by atoms with Crippen LogP contribution in [0.4, 0.5) is 0 Å². The first-order chi connectivity index (χ1) is 7.76. The van der Waals surface area contributed by atoms with E-state index in [1.165, 1.54) is 0 Å². The molecule has 0 aliphatic rings. The van der Waals surface area contributed by atoms with Gasteiger partial charge in [-0.05, 0) is 12.3 Å². The van der Waals surface area contributed by atoms with E-state index in [2.05, 4.69) is 24.0 Å². The van der Waals surface area contributed by atoms with Gasteiger partial charge in [-0.15, -0.1) is 0 Å². The number of hydrogen-bond acceptors (Lipinski definition) is 6. The highest BCUT2D eigenvalue weighted by Gasteiger charge is 2.15. The highest BCUT2D eigenvalue weighted by atomic mass is 32.2. The second kappa shape index (κ2) is 5.59. The predicted octanol–water partition coefficient (Wildman–Crippen LogP) is 0.530. The Morgan fingerprint density at radius 3 is 2.59 bits per heavy atom. The molecule has 0 spiro atoms. The van der Waals surface area contributed by atoms with Crippen LogP contribution in [0.3, 0.4) is 0 Å². The fourth-order valence-corrected chi connectivity index (χ4v) is 2.17. The highest BCUT2D eigenvalue weighted by molar-refractivity contribution is 7.89. The summed E-state index contributed by atoms with van der Waals surface area (Å²) in [6.07, 6.45) is 2.48. The van der Waals surface area contributed by atoms with Gasteiger partial charge in [-0.25, -0.2) is 8.42 Å². The largest absolute Gasteiger partial charge is 0.339 e. The Hall–Kier alpha value is -0.950. The number of nitrogens with zero attached hydrogens (tertiary/aromatic N) is 2. The summed E-state index contributed by atoms with van der Waals surface area (Å²) in [4.78, 5) is 4.01. The molecule has 1 heterocycles. The van der Waals surface area contributed by atoms with E-state index in [1.54, 1.807) is 0 Å². The number of aromatic nitrogens is 2. The Morgan fingerprint density at radius 1 is 1.41 bits per heavy atom. The van der Waals surface area contributed by atoms with Gasteiger partial charge < -0.3 is 10.3 Å². The molecule has 0 radical (unpaired) electrons. The van der Waals surface area contributed by atoms with E-state index >= 15 is 0 Å². The maximum Gasteiger partial charge on any atom is 0.228 e. The highest BCUT2D eigenvalue weighted by Crippen LogP contribution is 2.09. The van der Waals surface area contributed by atoms with Gasteiger partial charge in [0, 0.05) is 18.7 Å². The molecule has 0 aliphatic carbocycles. The zero-order valence-corrected chi connectivity index (χ0v) is 11.2. The third kappa shape index (κ3) is 5.78. The molecule has 0 saturated heterocycles. The van der Waals surface area contributed by atoms with Gasteiger partial charge in [0.1, 0.15) is 5.75 Å². The van der Waals surface area contributed by atoms with Gasteiger partial charge in [0.2, 0.25) is 5.89 Å². The molecule has 0 aliphatic heterocycles. The number of sulfone groups is 1. The quantitative estimate of drug-likeness (QED) is 0.802. The summed E-state index contributed by atoms with van der Waals surface area (Å²) >= 11 is 0. The van der Waals surface area contributed by atoms with Crippen LogP contribution in [-0.2, 0) is 22.0 Å². The Morgan fingerprint density at radius 2 is 2.06 bits per heavy atom. The molecule has 1 aromatic heterocycles. The lowest BCUT2D eigenvalue weighted by Gasteiger charge is -2.10. The molecule has 0 saturated carbocycles. The van der Waals surface area contributed by atoms with E-state index in [0.717, 1.165) is 12.7 Å². The van der Waals surface area contributed by atoms with Gasteiger partial charge in [-0.3, -0.25) is 0 Å². The fourth-order valence-electron chi connectivity index (χ4n) is 1.58.